The van der Waals surface area contributed by atoms with Crippen LogP contribution in [0.25, 0.3) is 0 Å². The van der Waals surface area contributed by atoms with Gasteiger partial charge in [0.05, 0.1) is 13.2 Å². The molecule has 2 atom stereocenters. The molecule has 0 heterocycles. The molecule has 0 bridgehead atoms. The van der Waals surface area contributed by atoms with E-state index in [2.05, 4.69) is 68.5 Å². The third-order valence-electron chi connectivity index (χ3n) is 9.38. The number of unbranched alkanes of at least 4 members (excludes halogenated alkanes) is 19. The lowest BCUT2D eigenvalue weighted by molar-refractivity contribution is -0.161. The molecule has 0 aliphatic heterocycles. The molecule has 0 amide bonds. The molecule has 0 saturated heterocycles. The summed E-state index contributed by atoms with van der Waals surface area (Å²) in [6, 6.07) is 0. The maximum absolute atomic E-state index is 12.6. The van der Waals surface area contributed by atoms with E-state index in [-0.39, 0.29) is 32.6 Å². The molecule has 0 fully saturated rings. The topological polar surface area (TPSA) is 134 Å². The van der Waals surface area contributed by atoms with Crippen LogP contribution < -0.4 is 5.73 Å². The molecule has 330 valence electrons. The van der Waals surface area contributed by atoms with E-state index >= 15 is 0 Å². The van der Waals surface area contributed by atoms with Crippen molar-refractivity contribution in [3.05, 3.63) is 60.8 Å². The van der Waals surface area contributed by atoms with Gasteiger partial charge in [-0.2, -0.15) is 0 Å². The molecule has 1 unspecified atom stereocenters. The highest BCUT2D eigenvalue weighted by Crippen LogP contribution is 2.43. The van der Waals surface area contributed by atoms with Crippen molar-refractivity contribution in [1.82, 2.24) is 0 Å². The summed E-state index contributed by atoms with van der Waals surface area (Å²) in [6.45, 7) is 3.64. The van der Waals surface area contributed by atoms with Crippen LogP contribution in [0.2, 0.25) is 0 Å². The molecular weight excluding hydrogens is 737 g/mol. The van der Waals surface area contributed by atoms with Crippen molar-refractivity contribution in [1.29, 1.82) is 0 Å². The van der Waals surface area contributed by atoms with Crippen LogP contribution in [0, 0.1) is 0 Å². The Labute approximate surface area is 349 Å². The molecule has 0 radical (unpaired) electrons. The van der Waals surface area contributed by atoms with Crippen LogP contribution in [0.15, 0.2) is 60.8 Å². The lowest BCUT2D eigenvalue weighted by Crippen LogP contribution is -2.29. The highest BCUT2D eigenvalue weighted by atomic mass is 31.2. The van der Waals surface area contributed by atoms with Crippen LogP contribution in [0.5, 0.6) is 0 Å². The zero-order chi connectivity index (χ0) is 41.8. The summed E-state index contributed by atoms with van der Waals surface area (Å²) in [5.41, 5.74) is 5.35. The number of ether oxygens (including phenoxy) is 2. The highest BCUT2D eigenvalue weighted by Gasteiger charge is 2.26. The summed E-state index contributed by atoms with van der Waals surface area (Å²) < 4.78 is 32.8. The minimum Gasteiger partial charge on any atom is -0.462 e. The molecule has 10 heteroatoms. The van der Waals surface area contributed by atoms with Crippen molar-refractivity contribution in [2.24, 2.45) is 5.73 Å². The van der Waals surface area contributed by atoms with E-state index in [1.54, 1.807) is 0 Å². The number of phosphoric ester groups is 1. The van der Waals surface area contributed by atoms with Crippen LogP contribution >= 0.6 is 7.82 Å². The van der Waals surface area contributed by atoms with Crippen molar-refractivity contribution in [2.75, 3.05) is 26.4 Å². The maximum Gasteiger partial charge on any atom is 0.472 e. The number of rotatable bonds is 42. The molecule has 0 aromatic carbocycles. The number of allylic oxidation sites excluding steroid dienone is 10. The van der Waals surface area contributed by atoms with Gasteiger partial charge in [0, 0.05) is 19.4 Å². The zero-order valence-corrected chi connectivity index (χ0v) is 37.2. The van der Waals surface area contributed by atoms with E-state index < -0.39 is 32.5 Å². The van der Waals surface area contributed by atoms with E-state index in [0.717, 1.165) is 44.9 Å². The van der Waals surface area contributed by atoms with E-state index in [0.29, 0.717) is 12.8 Å². The van der Waals surface area contributed by atoms with Gasteiger partial charge in [0.25, 0.3) is 0 Å². The van der Waals surface area contributed by atoms with Crippen molar-refractivity contribution in [2.45, 2.75) is 200 Å². The van der Waals surface area contributed by atoms with Crippen molar-refractivity contribution in [3.8, 4) is 0 Å². The lowest BCUT2D eigenvalue weighted by Gasteiger charge is -2.19. The predicted octanol–water partition coefficient (Wildman–Crippen LogP) is 13.3. The van der Waals surface area contributed by atoms with Crippen molar-refractivity contribution >= 4 is 19.8 Å². The van der Waals surface area contributed by atoms with E-state index in [1.807, 2.05) is 6.08 Å². The molecule has 0 aromatic heterocycles. The fourth-order valence-corrected chi connectivity index (χ4v) is 6.74. The monoisotopic (exact) mass is 822 g/mol. The molecule has 0 aliphatic carbocycles. The molecule has 9 nitrogen and oxygen atoms in total. The molecular formula is C47H84NO8P. The Morgan fingerprint density at radius 2 is 0.930 bits per heavy atom. The Kier molecular flexibility index (Phi) is 41.6. The molecule has 0 spiro atoms. The summed E-state index contributed by atoms with van der Waals surface area (Å²) in [4.78, 5) is 34.9. The minimum atomic E-state index is -4.39. The minimum absolute atomic E-state index is 0.0439. The van der Waals surface area contributed by atoms with Gasteiger partial charge in [-0.15, -0.1) is 0 Å². The second-order valence-corrected chi connectivity index (χ2v) is 16.4. The number of hydrogen-bond donors (Lipinski definition) is 2. The van der Waals surface area contributed by atoms with Gasteiger partial charge >= 0.3 is 19.8 Å². The number of nitrogens with two attached hydrogens (primary N) is 1. The first-order chi connectivity index (χ1) is 27.8. The molecule has 0 saturated carbocycles. The number of esters is 2. The standard InChI is InChI=1S/C47H84NO8P/c1-3-5-7-9-11-13-15-17-19-21-22-24-26-28-30-32-34-36-38-40-47(50)56-45(44-55-57(51,52)54-42-41-48)43-53-46(49)39-37-35-33-31-29-27-25-23-20-18-16-14-12-10-8-6-4-2/h12,14,17-20,25,27,31,33,45H,3-11,13,15-16,21-24,26,28-30,32,34-44,48H2,1-2H3,(H,51,52)/t45-/m1/s1. The van der Waals surface area contributed by atoms with Gasteiger partial charge in [0.1, 0.15) is 6.61 Å². The Bertz CT molecular complexity index is 1120. The third kappa shape index (κ3) is 43.1. The van der Waals surface area contributed by atoms with Crippen LogP contribution in [0.4, 0.5) is 0 Å². The Morgan fingerprint density at radius 3 is 1.46 bits per heavy atom. The van der Waals surface area contributed by atoms with Gasteiger partial charge in [0.2, 0.25) is 0 Å². The number of hydrogen-bond acceptors (Lipinski definition) is 8. The number of carbonyl (C=O) groups excluding carboxylic acids is 2. The fraction of sp³-hybridized carbons (Fsp3) is 0.745. The van der Waals surface area contributed by atoms with Crippen LogP contribution in [-0.4, -0.2) is 49.3 Å². The van der Waals surface area contributed by atoms with Crippen LogP contribution in [-0.2, 0) is 32.7 Å². The van der Waals surface area contributed by atoms with Gasteiger partial charge in [-0.3, -0.25) is 18.6 Å². The quantitative estimate of drug-likeness (QED) is 0.0267. The summed E-state index contributed by atoms with van der Waals surface area (Å²) in [5, 5.41) is 0. The van der Waals surface area contributed by atoms with Crippen molar-refractivity contribution < 1.29 is 37.6 Å². The lowest BCUT2D eigenvalue weighted by atomic mass is 10.1. The summed E-state index contributed by atoms with van der Waals surface area (Å²) in [6.07, 6.45) is 51.1. The summed E-state index contributed by atoms with van der Waals surface area (Å²) >= 11 is 0. The second-order valence-electron chi connectivity index (χ2n) is 14.9. The molecule has 0 aromatic rings. The van der Waals surface area contributed by atoms with Crippen LogP contribution in [0.1, 0.15) is 194 Å². The second kappa shape index (κ2) is 43.3. The predicted molar refractivity (Wildman–Crippen MR) is 238 cm³/mol. The Morgan fingerprint density at radius 1 is 0.526 bits per heavy atom. The van der Waals surface area contributed by atoms with E-state index in [1.165, 1.54) is 109 Å². The van der Waals surface area contributed by atoms with Gasteiger partial charge in [0.15, 0.2) is 6.10 Å². The smallest absolute Gasteiger partial charge is 0.462 e. The normalized spacial score (nSPS) is 13.8. The largest absolute Gasteiger partial charge is 0.472 e. The maximum atomic E-state index is 12.6. The number of phosphoric acid groups is 1. The molecule has 0 aliphatic rings. The summed E-state index contributed by atoms with van der Waals surface area (Å²) in [7, 11) is -4.39. The van der Waals surface area contributed by atoms with E-state index in [9.17, 15) is 19.0 Å². The Balaban J connectivity index is 4.21. The SMILES string of the molecule is CCCCCC=CCC=CCC=CCC=CCCCC(=O)OC[C@H](COP(=O)(O)OCCN)OC(=O)CCCCCCCCCCCC=CCCCCCCCC. The molecule has 3 N–H and O–H groups in total. The highest BCUT2D eigenvalue weighted by molar-refractivity contribution is 7.47. The number of carbonyl (C=O) groups is 2. The van der Waals surface area contributed by atoms with Crippen molar-refractivity contribution in [3.63, 3.8) is 0 Å². The fourth-order valence-electron chi connectivity index (χ4n) is 5.97. The third-order valence-corrected chi connectivity index (χ3v) is 10.4. The molecule has 0 rings (SSSR count). The summed E-state index contributed by atoms with van der Waals surface area (Å²) in [5.74, 6) is -0.897. The van der Waals surface area contributed by atoms with Gasteiger partial charge in [-0.1, -0.05) is 164 Å². The first-order valence-corrected chi connectivity index (χ1v) is 24.3. The van der Waals surface area contributed by atoms with Gasteiger partial charge in [-0.05, 0) is 77.0 Å². The van der Waals surface area contributed by atoms with Gasteiger partial charge < -0.3 is 20.1 Å². The average molecular weight is 822 g/mol. The molecule has 57 heavy (non-hydrogen) atoms. The Hall–Kier alpha value is -2.29. The average Bonchev–Trinajstić information content (AvgIpc) is 3.20. The first kappa shape index (κ1) is 54.7. The van der Waals surface area contributed by atoms with Crippen LogP contribution in [0.3, 0.4) is 0 Å². The first-order valence-electron chi connectivity index (χ1n) is 22.8. The van der Waals surface area contributed by atoms with Gasteiger partial charge in [-0.25, -0.2) is 4.57 Å². The zero-order valence-electron chi connectivity index (χ0n) is 36.3. The van der Waals surface area contributed by atoms with E-state index in [4.69, 9.17) is 24.3 Å².